The van der Waals surface area contributed by atoms with E-state index < -0.39 is 11.9 Å². The molecule has 0 unspecified atom stereocenters. The lowest BCUT2D eigenvalue weighted by Crippen LogP contribution is -2.47. The zero-order valence-electron chi connectivity index (χ0n) is 21.3. The van der Waals surface area contributed by atoms with E-state index in [1.165, 1.54) is 7.11 Å². The van der Waals surface area contributed by atoms with Gasteiger partial charge in [-0.3, -0.25) is 19.3 Å². The van der Waals surface area contributed by atoms with Gasteiger partial charge in [0.05, 0.1) is 18.6 Å². The van der Waals surface area contributed by atoms with Gasteiger partial charge in [0.15, 0.2) is 0 Å². The molecule has 0 saturated carbocycles. The zero-order valence-corrected chi connectivity index (χ0v) is 21.3. The average Bonchev–Trinajstić information content (AvgIpc) is 3.04. The van der Waals surface area contributed by atoms with Gasteiger partial charge in [-0.2, -0.15) is 0 Å². The standard InChI is InChI=1S/C21H31N3O4.2C2H4O2/c1-27-21(26)16-4-2-15(3-5-16)12-23-20(25)17-6-7-18(22)14-24(13-17)19-8-10-28-11-9-19;2*1-2(3)4/h2-5,17-19H,6-14,22H2,1H3,(H,23,25);2*1H3,(H,3,4)/t17-,18+;;/m1../s1. The number of hydrogen-bond donors (Lipinski definition) is 4. The highest BCUT2D eigenvalue weighted by Crippen LogP contribution is 2.22. The fraction of sp³-hybridized carbons (Fsp3) is 0.600. The van der Waals surface area contributed by atoms with Crippen molar-refractivity contribution < 1.29 is 38.9 Å². The van der Waals surface area contributed by atoms with E-state index in [0.717, 1.165) is 71.4 Å². The number of nitrogens with one attached hydrogen (secondary N) is 1. The predicted molar refractivity (Wildman–Crippen MR) is 132 cm³/mol. The van der Waals surface area contributed by atoms with Gasteiger partial charge in [0, 0.05) is 58.8 Å². The second-order valence-electron chi connectivity index (χ2n) is 8.78. The molecule has 0 radical (unpaired) electrons. The molecule has 36 heavy (non-hydrogen) atoms. The minimum Gasteiger partial charge on any atom is -0.481 e. The van der Waals surface area contributed by atoms with E-state index in [4.69, 9.17) is 35.0 Å². The van der Waals surface area contributed by atoms with E-state index in [2.05, 4.69) is 10.2 Å². The van der Waals surface area contributed by atoms with Crippen molar-refractivity contribution in [2.24, 2.45) is 11.7 Å². The second-order valence-corrected chi connectivity index (χ2v) is 8.78. The minimum absolute atomic E-state index is 0.0502. The average molecular weight is 510 g/mol. The molecule has 2 aliphatic rings. The second kappa shape index (κ2) is 16.6. The fourth-order valence-corrected chi connectivity index (χ4v) is 4.03. The van der Waals surface area contributed by atoms with Gasteiger partial charge < -0.3 is 30.7 Å². The lowest BCUT2D eigenvalue weighted by Gasteiger charge is -2.35. The molecule has 2 heterocycles. The first-order valence-corrected chi connectivity index (χ1v) is 11.9. The third kappa shape index (κ3) is 12.6. The number of carbonyl (C=O) groups excluding carboxylic acids is 2. The number of esters is 1. The topological polar surface area (TPSA) is 168 Å². The Bertz CT molecular complexity index is 820. The van der Waals surface area contributed by atoms with Crippen LogP contribution < -0.4 is 11.1 Å². The van der Waals surface area contributed by atoms with Crippen LogP contribution in [0.5, 0.6) is 0 Å². The molecule has 0 aromatic heterocycles. The van der Waals surface area contributed by atoms with Crippen molar-refractivity contribution in [1.82, 2.24) is 10.2 Å². The van der Waals surface area contributed by atoms with Crippen molar-refractivity contribution in [1.29, 1.82) is 0 Å². The van der Waals surface area contributed by atoms with Crippen LogP contribution >= 0.6 is 0 Å². The Hall–Kier alpha value is -3.02. The van der Waals surface area contributed by atoms with E-state index in [1.54, 1.807) is 12.1 Å². The van der Waals surface area contributed by atoms with Gasteiger partial charge in [0.1, 0.15) is 0 Å². The van der Waals surface area contributed by atoms with Crippen molar-refractivity contribution in [3.63, 3.8) is 0 Å². The molecule has 1 aromatic carbocycles. The van der Waals surface area contributed by atoms with Crippen LogP contribution in [0.3, 0.4) is 0 Å². The first-order chi connectivity index (χ1) is 17.0. The lowest BCUT2D eigenvalue weighted by atomic mass is 10.00. The van der Waals surface area contributed by atoms with Gasteiger partial charge in [-0.05, 0) is 43.4 Å². The largest absolute Gasteiger partial charge is 0.481 e. The molecule has 2 atom stereocenters. The summed E-state index contributed by atoms with van der Waals surface area (Å²) in [5.41, 5.74) is 7.72. The molecule has 3 rings (SSSR count). The highest BCUT2D eigenvalue weighted by Gasteiger charge is 2.31. The molecule has 0 bridgehead atoms. The number of amides is 1. The monoisotopic (exact) mass is 509 g/mol. The molecule has 2 saturated heterocycles. The fourth-order valence-electron chi connectivity index (χ4n) is 4.03. The molecule has 1 amide bonds. The van der Waals surface area contributed by atoms with Crippen molar-refractivity contribution >= 4 is 23.8 Å². The van der Waals surface area contributed by atoms with Gasteiger partial charge >= 0.3 is 5.97 Å². The number of carboxylic acid groups (broad SMARTS) is 2. The quantitative estimate of drug-likeness (QED) is 0.427. The summed E-state index contributed by atoms with van der Waals surface area (Å²) in [6.07, 6.45) is 3.70. The summed E-state index contributed by atoms with van der Waals surface area (Å²) in [5, 5.41) is 17.9. The molecule has 11 heteroatoms. The van der Waals surface area contributed by atoms with E-state index in [9.17, 15) is 9.59 Å². The van der Waals surface area contributed by atoms with E-state index in [0.29, 0.717) is 18.2 Å². The maximum Gasteiger partial charge on any atom is 0.337 e. The van der Waals surface area contributed by atoms with Crippen LogP contribution in [0.2, 0.25) is 0 Å². The van der Waals surface area contributed by atoms with Crippen molar-refractivity contribution in [3.8, 4) is 0 Å². The number of aliphatic carboxylic acids is 2. The van der Waals surface area contributed by atoms with Crippen LogP contribution in [0.15, 0.2) is 24.3 Å². The Morgan fingerprint density at radius 3 is 2.08 bits per heavy atom. The van der Waals surface area contributed by atoms with Gasteiger partial charge in [0.2, 0.25) is 5.91 Å². The minimum atomic E-state index is -0.833. The smallest absolute Gasteiger partial charge is 0.337 e. The summed E-state index contributed by atoms with van der Waals surface area (Å²) in [6.45, 7) is 5.79. The summed E-state index contributed by atoms with van der Waals surface area (Å²) in [6, 6.07) is 7.68. The molecular formula is C25H39N3O8. The summed E-state index contributed by atoms with van der Waals surface area (Å²) < 4.78 is 10.2. The third-order valence-electron chi connectivity index (χ3n) is 5.73. The number of carboxylic acids is 2. The van der Waals surface area contributed by atoms with Gasteiger partial charge in [0.25, 0.3) is 11.9 Å². The highest BCUT2D eigenvalue weighted by atomic mass is 16.5. The number of nitrogens with zero attached hydrogens (tertiary/aromatic N) is 1. The zero-order chi connectivity index (χ0) is 27.1. The van der Waals surface area contributed by atoms with E-state index in [-0.39, 0.29) is 23.8 Å². The third-order valence-corrected chi connectivity index (χ3v) is 5.73. The van der Waals surface area contributed by atoms with E-state index >= 15 is 0 Å². The normalized spacial score (nSPS) is 20.3. The molecule has 0 spiro atoms. The van der Waals surface area contributed by atoms with Crippen molar-refractivity contribution in [2.75, 3.05) is 33.4 Å². The van der Waals surface area contributed by atoms with E-state index in [1.807, 2.05) is 12.1 Å². The van der Waals surface area contributed by atoms with Gasteiger partial charge in [-0.15, -0.1) is 0 Å². The maximum atomic E-state index is 12.8. The van der Waals surface area contributed by atoms with Crippen molar-refractivity contribution in [3.05, 3.63) is 35.4 Å². The summed E-state index contributed by atoms with van der Waals surface area (Å²) in [4.78, 5) is 44.7. The number of benzene rings is 1. The number of ether oxygens (including phenoxy) is 2. The van der Waals surface area contributed by atoms with Crippen LogP contribution in [-0.4, -0.2) is 84.4 Å². The number of likely N-dealkylation sites (tertiary alicyclic amines) is 1. The molecule has 2 fully saturated rings. The number of methoxy groups -OCH3 is 1. The van der Waals surface area contributed by atoms with Crippen LogP contribution in [0, 0.1) is 5.92 Å². The van der Waals surface area contributed by atoms with Gasteiger partial charge in [-0.25, -0.2) is 4.79 Å². The molecule has 5 N–H and O–H groups in total. The summed E-state index contributed by atoms with van der Waals surface area (Å²) in [5.74, 6) is -2.01. The summed E-state index contributed by atoms with van der Waals surface area (Å²) in [7, 11) is 1.36. The summed E-state index contributed by atoms with van der Waals surface area (Å²) >= 11 is 0. The van der Waals surface area contributed by atoms with Crippen molar-refractivity contribution in [2.45, 2.75) is 58.2 Å². The molecule has 11 nitrogen and oxygen atoms in total. The Kier molecular flexibility index (Phi) is 14.3. The molecular weight excluding hydrogens is 470 g/mol. The first-order valence-electron chi connectivity index (χ1n) is 11.9. The number of rotatable bonds is 5. The maximum absolute atomic E-state index is 12.8. The molecule has 2 aliphatic heterocycles. The Morgan fingerprint density at radius 2 is 1.56 bits per heavy atom. The van der Waals surface area contributed by atoms with Crippen LogP contribution in [-0.2, 0) is 30.4 Å². The van der Waals surface area contributed by atoms with Gasteiger partial charge in [-0.1, -0.05) is 12.1 Å². The van der Waals surface area contributed by atoms with Crippen LogP contribution in [0.25, 0.3) is 0 Å². The Morgan fingerprint density at radius 1 is 1.00 bits per heavy atom. The predicted octanol–water partition coefficient (Wildman–Crippen LogP) is 1.49. The molecule has 1 aromatic rings. The Balaban J connectivity index is 0.000000709. The molecule has 0 aliphatic carbocycles. The SMILES string of the molecule is CC(=O)O.CC(=O)O.COC(=O)c1ccc(CNC(=O)[C@@H]2CC[C@H](N)CN(C3CCOCC3)C2)cc1. The molecule has 202 valence electrons. The number of nitrogens with two attached hydrogens (primary N) is 1. The Labute approximate surface area is 211 Å². The number of carbonyl (C=O) groups is 4. The number of hydrogen-bond acceptors (Lipinski definition) is 8. The van der Waals surface area contributed by atoms with Crippen LogP contribution in [0.1, 0.15) is 55.5 Å². The van der Waals surface area contributed by atoms with Crippen LogP contribution in [0.4, 0.5) is 0 Å². The highest BCUT2D eigenvalue weighted by molar-refractivity contribution is 5.89. The first kappa shape index (κ1) is 31.0. The lowest BCUT2D eigenvalue weighted by molar-refractivity contribution is -0.135.